The smallest absolute Gasteiger partial charge is 0.344 e. The SMILES string of the molecule is CCOC(=O)COc1ccc(S(=O)(=O)Nc2cc3c(cc2-c2nc4ccccc4[nH]2)OCO3)cc1. The minimum absolute atomic E-state index is 0.00853. The molecule has 0 atom stereocenters. The third kappa shape index (κ3) is 4.71. The zero-order chi connectivity index (χ0) is 24.4. The Kier molecular flexibility index (Phi) is 5.91. The minimum atomic E-state index is -3.98. The Morgan fingerprint density at radius 2 is 1.83 bits per heavy atom. The van der Waals surface area contributed by atoms with Gasteiger partial charge in [0.2, 0.25) is 6.79 Å². The van der Waals surface area contributed by atoms with Crippen molar-refractivity contribution in [2.45, 2.75) is 11.8 Å². The molecule has 0 unspecified atom stereocenters. The summed E-state index contributed by atoms with van der Waals surface area (Å²) in [6.07, 6.45) is 0. The highest BCUT2D eigenvalue weighted by molar-refractivity contribution is 7.92. The summed E-state index contributed by atoms with van der Waals surface area (Å²) >= 11 is 0. The summed E-state index contributed by atoms with van der Waals surface area (Å²) in [5.41, 5.74) is 2.33. The molecule has 3 aromatic carbocycles. The molecule has 0 saturated heterocycles. The normalized spacial score (nSPS) is 12.5. The van der Waals surface area contributed by atoms with Crippen molar-refractivity contribution in [1.29, 1.82) is 0 Å². The van der Waals surface area contributed by atoms with Gasteiger partial charge in [-0.1, -0.05) is 12.1 Å². The molecule has 4 aromatic rings. The first-order chi connectivity index (χ1) is 16.9. The highest BCUT2D eigenvalue weighted by Gasteiger charge is 2.24. The molecule has 0 aliphatic carbocycles. The van der Waals surface area contributed by atoms with E-state index < -0.39 is 16.0 Å². The van der Waals surface area contributed by atoms with E-state index in [0.717, 1.165) is 11.0 Å². The zero-order valence-electron chi connectivity index (χ0n) is 18.6. The van der Waals surface area contributed by atoms with Crippen LogP contribution >= 0.6 is 0 Å². The molecule has 2 N–H and O–H groups in total. The Balaban J connectivity index is 1.43. The average molecular weight is 496 g/mol. The van der Waals surface area contributed by atoms with Crippen LogP contribution in [0, 0.1) is 0 Å². The number of sulfonamides is 1. The van der Waals surface area contributed by atoms with Gasteiger partial charge in [0.05, 0.1) is 28.2 Å². The van der Waals surface area contributed by atoms with E-state index in [2.05, 4.69) is 14.7 Å². The molecule has 0 bridgehead atoms. The number of hydrogen-bond donors (Lipinski definition) is 2. The Labute approximate surface area is 200 Å². The number of nitrogens with one attached hydrogen (secondary N) is 2. The van der Waals surface area contributed by atoms with Gasteiger partial charge in [-0.3, -0.25) is 4.72 Å². The van der Waals surface area contributed by atoms with E-state index in [-0.39, 0.29) is 30.6 Å². The molecule has 2 heterocycles. The van der Waals surface area contributed by atoms with Crippen molar-refractivity contribution in [1.82, 2.24) is 9.97 Å². The fraction of sp³-hybridized carbons (Fsp3) is 0.167. The maximum Gasteiger partial charge on any atom is 0.344 e. The summed E-state index contributed by atoms with van der Waals surface area (Å²) in [6, 6.07) is 16.5. The van der Waals surface area contributed by atoms with Crippen LogP contribution in [-0.2, 0) is 19.6 Å². The predicted octanol–water partition coefficient (Wildman–Crippen LogP) is 3.70. The van der Waals surface area contributed by atoms with Crippen molar-refractivity contribution in [2.24, 2.45) is 0 Å². The lowest BCUT2D eigenvalue weighted by Gasteiger charge is -2.13. The second kappa shape index (κ2) is 9.18. The molecule has 0 saturated carbocycles. The summed E-state index contributed by atoms with van der Waals surface area (Å²) in [6.45, 7) is 1.72. The lowest BCUT2D eigenvalue weighted by molar-refractivity contribution is -0.145. The largest absolute Gasteiger partial charge is 0.482 e. The van der Waals surface area contributed by atoms with Crippen LogP contribution in [0.1, 0.15) is 6.92 Å². The van der Waals surface area contributed by atoms with Crippen LogP contribution in [0.4, 0.5) is 5.69 Å². The molecular formula is C24H21N3O7S. The molecular weight excluding hydrogens is 474 g/mol. The van der Waals surface area contributed by atoms with Gasteiger partial charge in [0.15, 0.2) is 18.1 Å². The quantitative estimate of drug-likeness (QED) is 0.354. The third-order valence-corrected chi connectivity index (χ3v) is 6.58. The number of hydrogen-bond acceptors (Lipinski definition) is 8. The molecule has 1 aliphatic heterocycles. The number of nitrogens with zero attached hydrogens (tertiary/aromatic N) is 1. The molecule has 0 fully saturated rings. The fourth-order valence-electron chi connectivity index (χ4n) is 3.57. The third-order valence-electron chi connectivity index (χ3n) is 5.20. The lowest BCUT2D eigenvalue weighted by Crippen LogP contribution is -2.15. The van der Waals surface area contributed by atoms with Gasteiger partial charge < -0.3 is 23.9 Å². The zero-order valence-corrected chi connectivity index (χ0v) is 19.4. The second-order valence-electron chi connectivity index (χ2n) is 7.52. The number of esters is 1. The number of aromatic nitrogens is 2. The molecule has 0 spiro atoms. The molecule has 0 amide bonds. The number of ether oxygens (including phenoxy) is 4. The first kappa shape index (κ1) is 22.5. The molecule has 11 heteroatoms. The average Bonchev–Trinajstić information content (AvgIpc) is 3.49. The Morgan fingerprint density at radius 3 is 2.57 bits per heavy atom. The van der Waals surface area contributed by atoms with E-state index >= 15 is 0 Å². The van der Waals surface area contributed by atoms with Crippen molar-refractivity contribution in [3.8, 4) is 28.6 Å². The Hall–Kier alpha value is -4.25. The monoisotopic (exact) mass is 495 g/mol. The highest BCUT2D eigenvalue weighted by Crippen LogP contribution is 2.41. The number of aromatic amines is 1. The number of benzene rings is 3. The fourth-order valence-corrected chi connectivity index (χ4v) is 4.64. The number of carbonyl (C=O) groups excluding carboxylic acids is 1. The molecule has 10 nitrogen and oxygen atoms in total. The summed E-state index contributed by atoms with van der Waals surface area (Å²) in [4.78, 5) is 19.3. The number of para-hydroxylation sites is 2. The number of imidazole rings is 1. The van der Waals surface area contributed by atoms with Crippen molar-refractivity contribution < 1.29 is 32.2 Å². The van der Waals surface area contributed by atoms with Gasteiger partial charge in [-0.05, 0) is 49.4 Å². The van der Waals surface area contributed by atoms with Crippen LogP contribution in [0.25, 0.3) is 22.4 Å². The van der Waals surface area contributed by atoms with Crippen molar-refractivity contribution in [2.75, 3.05) is 24.7 Å². The first-order valence-electron chi connectivity index (χ1n) is 10.7. The van der Waals surface area contributed by atoms with Gasteiger partial charge in [-0.25, -0.2) is 18.2 Å². The number of rotatable bonds is 8. The van der Waals surface area contributed by atoms with E-state index in [1.807, 2.05) is 24.3 Å². The number of carbonyl (C=O) groups is 1. The molecule has 35 heavy (non-hydrogen) atoms. The van der Waals surface area contributed by atoms with Gasteiger partial charge in [-0.2, -0.15) is 0 Å². The molecule has 180 valence electrons. The maximum absolute atomic E-state index is 13.2. The maximum atomic E-state index is 13.2. The topological polar surface area (TPSA) is 129 Å². The van der Waals surface area contributed by atoms with Gasteiger partial charge in [0.1, 0.15) is 11.6 Å². The number of anilines is 1. The van der Waals surface area contributed by atoms with E-state index in [1.165, 1.54) is 24.3 Å². The van der Waals surface area contributed by atoms with Gasteiger partial charge in [-0.15, -0.1) is 0 Å². The molecule has 5 rings (SSSR count). The van der Waals surface area contributed by atoms with Crippen LogP contribution < -0.4 is 18.9 Å². The minimum Gasteiger partial charge on any atom is -0.482 e. The van der Waals surface area contributed by atoms with Crippen molar-refractivity contribution in [3.63, 3.8) is 0 Å². The van der Waals surface area contributed by atoms with E-state index in [1.54, 1.807) is 19.1 Å². The summed E-state index contributed by atoms with van der Waals surface area (Å²) in [7, 11) is -3.98. The number of fused-ring (bicyclic) bond motifs is 2. The van der Waals surface area contributed by atoms with Crippen LogP contribution in [0.2, 0.25) is 0 Å². The van der Waals surface area contributed by atoms with Crippen molar-refractivity contribution >= 4 is 32.7 Å². The summed E-state index contributed by atoms with van der Waals surface area (Å²) in [5.74, 6) is 1.22. The van der Waals surface area contributed by atoms with E-state index in [4.69, 9.17) is 18.9 Å². The van der Waals surface area contributed by atoms with Gasteiger partial charge >= 0.3 is 5.97 Å². The Bertz CT molecular complexity index is 1460. The van der Waals surface area contributed by atoms with Gasteiger partial charge in [0.25, 0.3) is 10.0 Å². The molecule has 0 radical (unpaired) electrons. The molecule has 1 aliphatic rings. The van der Waals surface area contributed by atoms with Crippen LogP contribution in [0.3, 0.4) is 0 Å². The van der Waals surface area contributed by atoms with Crippen LogP contribution in [-0.4, -0.2) is 44.4 Å². The van der Waals surface area contributed by atoms with Crippen molar-refractivity contribution in [3.05, 3.63) is 60.7 Å². The second-order valence-corrected chi connectivity index (χ2v) is 9.21. The molecule has 1 aromatic heterocycles. The predicted molar refractivity (Wildman–Crippen MR) is 127 cm³/mol. The number of H-pyrrole nitrogens is 1. The Morgan fingerprint density at radius 1 is 1.09 bits per heavy atom. The van der Waals surface area contributed by atoms with Crippen LogP contribution in [0.15, 0.2) is 65.6 Å². The van der Waals surface area contributed by atoms with E-state index in [9.17, 15) is 13.2 Å². The first-order valence-corrected chi connectivity index (χ1v) is 12.2. The summed E-state index contributed by atoms with van der Waals surface area (Å²) < 4.78 is 50.1. The van der Waals surface area contributed by atoms with E-state index in [0.29, 0.717) is 28.6 Å². The summed E-state index contributed by atoms with van der Waals surface area (Å²) in [5, 5.41) is 0. The standard InChI is InChI=1S/C24H21N3O7S/c1-2-31-23(28)13-32-15-7-9-16(10-8-15)35(29,30)27-20-12-22-21(33-14-34-22)11-17(20)24-25-18-5-3-4-6-19(18)26-24/h3-12,27H,2,13-14H2,1H3,(H,25,26). The van der Waals surface area contributed by atoms with Crippen LogP contribution in [0.5, 0.6) is 17.2 Å². The highest BCUT2D eigenvalue weighted by atomic mass is 32.2. The van der Waals surface area contributed by atoms with Gasteiger partial charge in [0, 0.05) is 11.6 Å². The lowest BCUT2D eigenvalue weighted by atomic mass is 10.1.